The van der Waals surface area contributed by atoms with Gasteiger partial charge >= 0.3 is 0 Å². The summed E-state index contributed by atoms with van der Waals surface area (Å²) < 4.78 is 18.2. The zero-order valence-electron chi connectivity index (χ0n) is 13.2. The van der Waals surface area contributed by atoms with Gasteiger partial charge in [-0.25, -0.2) is 14.4 Å². The predicted molar refractivity (Wildman–Crippen MR) is 89.0 cm³/mol. The molecule has 6 nitrogen and oxygen atoms in total. The number of nitrogens with zero attached hydrogens (tertiary/aromatic N) is 4. The highest BCUT2D eigenvalue weighted by Gasteiger charge is 2.17. The Kier molecular flexibility index (Phi) is 4.75. The van der Waals surface area contributed by atoms with Crippen molar-refractivity contribution in [3.63, 3.8) is 0 Å². The summed E-state index contributed by atoms with van der Waals surface area (Å²) in [6.07, 6.45) is 0.481. The number of aromatic nitrogens is 4. The summed E-state index contributed by atoms with van der Waals surface area (Å²) in [5.74, 6) is 1.20. The maximum atomic E-state index is 12.9. The van der Waals surface area contributed by atoms with E-state index >= 15 is 0 Å². The summed E-state index contributed by atoms with van der Waals surface area (Å²) in [4.78, 5) is 12.9. The standard InChI is InChI=1S/C16H16FN5OS/c1-9-7-13(18)20-16(19-9)24-10(2)15-21-14(22-23-15)8-11-3-5-12(17)6-4-11/h3-7,10H,8H2,1-2H3,(H2,18,19,20)/t10-/m0/s1. The molecule has 1 aromatic carbocycles. The summed E-state index contributed by atoms with van der Waals surface area (Å²) in [7, 11) is 0. The summed E-state index contributed by atoms with van der Waals surface area (Å²) in [5.41, 5.74) is 7.45. The first kappa shape index (κ1) is 16.4. The SMILES string of the molecule is Cc1cc(N)nc(S[C@@H](C)c2nc(Cc3ccc(F)cc3)no2)n1. The molecule has 0 amide bonds. The predicted octanol–water partition coefficient (Wildman–Crippen LogP) is 3.33. The van der Waals surface area contributed by atoms with E-state index in [4.69, 9.17) is 10.3 Å². The molecule has 124 valence electrons. The lowest BCUT2D eigenvalue weighted by atomic mass is 10.1. The molecule has 0 unspecified atom stereocenters. The van der Waals surface area contributed by atoms with E-state index in [0.717, 1.165) is 11.3 Å². The van der Waals surface area contributed by atoms with Gasteiger partial charge in [-0.05, 0) is 31.5 Å². The van der Waals surface area contributed by atoms with Crippen LogP contribution in [0.15, 0.2) is 40.0 Å². The van der Waals surface area contributed by atoms with Gasteiger partial charge in [0, 0.05) is 18.2 Å². The van der Waals surface area contributed by atoms with Gasteiger partial charge in [-0.15, -0.1) is 0 Å². The lowest BCUT2D eigenvalue weighted by molar-refractivity contribution is 0.375. The Morgan fingerprint density at radius 1 is 1.21 bits per heavy atom. The average molecular weight is 345 g/mol. The van der Waals surface area contributed by atoms with Gasteiger partial charge in [0.05, 0.1) is 5.25 Å². The van der Waals surface area contributed by atoms with Crippen molar-refractivity contribution in [2.45, 2.75) is 30.7 Å². The summed E-state index contributed by atoms with van der Waals surface area (Å²) in [6.45, 7) is 3.79. The highest BCUT2D eigenvalue weighted by atomic mass is 32.2. The molecule has 2 heterocycles. The van der Waals surface area contributed by atoms with Crippen LogP contribution in [-0.2, 0) is 6.42 Å². The largest absolute Gasteiger partial charge is 0.384 e. The Bertz CT molecular complexity index is 816. The minimum Gasteiger partial charge on any atom is -0.384 e. The van der Waals surface area contributed by atoms with E-state index in [1.165, 1.54) is 23.9 Å². The van der Waals surface area contributed by atoms with Crippen LogP contribution >= 0.6 is 11.8 Å². The molecule has 0 fully saturated rings. The molecule has 0 aliphatic heterocycles. The number of halogens is 1. The van der Waals surface area contributed by atoms with Gasteiger partial charge in [0.15, 0.2) is 11.0 Å². The molecule has 24 heavy (non-hydrogen) atoms. The third kappa shape index (κ3) is 4.08. The van der Waals surface area contributed by atoms with Crippen LogP contribution in [0.4, 0.5) is 10.2 Å². The van der Waals surface area contributed by atoms with Crippen molar-refractivity contribution >= 4 is 17.6 Å². The van der Waals surface area contributed by atoms with Crippen LogP contribution in [0.1, 0.15) is 35.1 Å². The molecule has 3 rings (SSSR count). The fourth-order valence-electron chi connectivity index (χ4n) is 2.12. The van der Waals surface area contributed by atoms with E-state index in [2.05, 4.69) is 20.1 Å². The van der Waals surface area contributed by atoms with Gasteiger partial charge in [-0.1, -0.05) is 29.1 Å². The molecule has 8 heteroatoms. The Morgan fingerprint density at radius 2 is 1.96 bits per heavy atom. The normalized spacial score (nSPS) is 12.3. The molecule has 3 aromatic rings. The van der Waals surface area contributed by atoms with Crippen molar-refractivity contribution < 1.29 is 8.91 Å². The van der Waals surface area contributed by atoms with Gasteiger partial charge in [0.1, 0.15) is 11.6 Å². The zero-order valence-corrected chi connectivity index (χ0v) is 14.0. The summed E-state index contributed by atoms with van der Waals surface area (Å²) >= 11 is 1.40. The van der Waals surface area contributed by atoms with E-state index in [1.807, 2.05) is 13.8 Å². The average Bonchev–Trinajstić information content (AvgIpc) is 2.97. The molecule has 0 spiro atoms. The molecule has 0 saturated carbocycles. The third-order valence-corrected chi connectivity index (χ3v) is 4.19. The van der Waals surface area contributed by atoms with Crippen molar-refractivity contribution in [3.05, 3.63) is 59.1 Å². The van der Waals surface area contributed by atoms with Crippen LogP contribution in [-0.4, -0.2) is 20.1 Å². The summed E-state index contributed by atoms with van der Waals surface area (Å²) in [5, 5.41) is 4.43. The zero-order chi connectivity index (χ0) is 17.1. The van der Waals surface area contributed by atoms with Crippen LogP contribution < -0.4 is 5.73 Å². The fourth-order valence-corrected chi connectivity index (χ4v) is 2.98. The number of aryl methyl sites for hydroxylation is 1. The number of nitrogen functional groups attached to an aromatic ring is 1. The Morgan fingerprint density at radius 3 is 2.67 bits per heavy atom. The van der Waals surface area contributed by atoms with Crippen LogP contribution in [0.2, 0.25) is 0 Å². The number of nitrogens with two attached hydrogens (primary N) is 1. The van der Waals surface area contributed by atoms with E-state index in [9.17, 15) is 4.39 Å². The Labute approximate surface area is 142 Å². The third-order valence-electron chi connectivity index (χ3n) is 3.24. The van der Waals surface area contributed by atoms with E-state index in [-0.39, 0.29) is 11.1 Å². The van der Waals surface area contributed by atoms with Gasteiger partial charge in [-0.2, -0.15) is 4.98 Å². The molecule has 0 aliphatic carbocycles. The van der Waals surface area contributed by atoms with Crippen molar-refractivity contribution in [1.29, 1.82) is 0 Å². The molecule has 0 aliphatic rings. The highest BCUT2D eigenvalue weighted by molar-refractivity contribution is 7.99. The number of rotatable bonds is 5. The van der Waals surface area contributed by atoms with E-state index < -0.39 is 0 Å². The summed E-state index contributed by atoms with van der Waals surface area (Å²) in [6, 6.07) is 7.94. The molecule has 0 bridgehead atoms. The molecule has 0 radical (unpaired) electrons. The lowest BCUT2D eigenvalue weighted by Crippen LogP contribution is -1.98. The van der Waals surface area contributed by atoms with E-state index in [1.54, 1.807) is 18.2 Å². The maximum absolute atomic E-state index is 12.9. The van der Waals surface area contributed by atoms with Crippen LogP contribution in [0.5, 0.6) is 0 Å². The fraction of sp³-hybridized carbons (Fsp3) is 0.250. The molecule has 2 aromatic heterocycles. The number of benzene rings is 1. The van der Waals surface area contributed by atoms with E-state index in [0.29, 0.717) is 29.1 Å². The Hall–Kier alpha value is -2.48. The van der Waals surface area contributed by atoms with Crippen molar-refractivity contribution in [2.24, 2.45) is 0 Å². The minimum atomic E-state index is -0.269. The van der Waals surface area contributed by atoms with Crippen molar-refractivity contribution in [2.75, 3.05) is 5.73 Å². The smallest absolute Gasteiger partial charge is 0.239 e. The van der Waals surface area contributed by atoms with Gasteiger partial charge in [0.2, 0.25) is 5.89 Å². The number of thioether (sulfide) groups is 1. The van der Waals surface area contributed by atoms with Crippen LogP contribution in [0.3, 0.4) is 0 Å². The van der Waals surface area contributed by atoms with Crippen molar-refractivity contribution in [1.82, 2.24) is 20.1 Å². The highest BCUT2D eigenvalue weighted by Crippen LogP contribution is 2.32. The molecular weight excluding hydrogens is 329 g/mol. The van der Waals surface area contributed by atoms with Gasteiger partial charge in [0.25, 0.3) is 0 Å². The topological polar surface area (TPSA) is 90.7 Å². The second kappa shape index (κ2) is 6.96. The van der Waals surface area contributed by atoms with Gasteiger partial charge < -0.3 is 10.3 Å². The first-order valence-corrected chi connectivity index (χ1v) is 8.22. The lowest BCUT2D eigenvalue weighted by Gasteiger charge is -2.06. The van der Waals surface area contributed by atoms with Crippen LogP contribution in [0.25, 0.3) is 0 Å². The van der Waals surface area contributed by atoms with Crippen LogP contribution in [0, 0.1) is 12.7 Å². The van der Waals surface area contributed by atoms with Crippen molar-refractivity contribution in [3.8, 4) is 0 Å². The first-order chi connectivity index (χ1) is 11.5. The number of hydrogen-bond donors (Lipinski definition) is 1. The number of anilines is 1. The molecule has 0 saturated heterocycles. The second-order valence-electron chi connectivity index (χ2n) is 5.33. The quantitative estimate of drug-likeness (QED) is 0.560. The molecular formula is C16H16FN5OS. The Balaban J connectivity index is 1.69. The monoisotopic (exact) mass is 345 g/mol. The molecule has 2 N–H and O–H groups in total. The van der Waals surface area contributed by atoms with Gasteiger partial charge in [-0.3, -0.25) is 0 Å². The minimum absolute atomic E-state index is 0.110. The molecule has 1 atom stereocenters. The second-order valence-corrected chi connectivity index (χ2v) is 6.64. The maximum Gasteiger partial charge on any atom is 0.239 e. The number of hydrogen-bond acceptors (Lipinski definition) is 7. The first-order valence-electron chi connectivity index (χ1n) is 7.34.